The van der Waals surface area contributed by atoms with Gasteiger partial charge in [-0.2, -0.15) is 0 Å². The van der Waals surface area contributed by atoms with Gasteiger partial charge in [0.25, 0.3) is 0 Å². The number of nitrogens with one attached hydrogen (secondary N) is 1. The third-order valence-electron chi connectivity index (χ3n) is 5.42. The number of ether oxygens (including phenoxy) is 1. The van der Waals surface area contributed by atoms with E-state index >= 15 is 0 Å². The van der Waals surface area contributed by atoms with Gasteiger partial charge >= 0.3 is 6.03 Å². The number of piperidine rings is 1. The van der Waals surface area contributed by atoms with Crippen LogP contribution >= 0.6 is 0 Å². The number of amides is 2. The van der Waals surface area contributed by atoms with Crippen LogP contribution in [-0.4, -0.2) is 49.1 Å². The number of likely N-dealkylation sites (tertiary alicyclic amines) is 1. The van der Waals surface area contributed by atoms with Gasteiger partial charge in [-0.1, -0.05) is 12.2 Å². The van der Waals surface area contributed by atoms with Crippen molar-refractivity contribution in [2.75, 3.05) is 26.2 Å². The zero-order valence-electron chi connectivity index (χ0n) is 15.7. The molecule has 2 aliphatic heterocycles. The summed E-state index contributed by atoms with van der Waals surface area (Å²) in [6.45, 7) is 8.18. The maximum atomic E-state index is 13.1. The Morgan fingerprint density at radius 1 is 1.30 bits per heavy atom. The van der Waals surface area contributed by atoms with Crippen LogP contribution in [0.4, 0.5) is 9.18 Å². The summed E-state index contributed by atoms with van der Waals surface area (Å²) in [6, 6.07) is 5.46. The lowest BCUT2D eigenvalue weighted by molar-refractivity contribution is 0.0844. The number of urea groups is 1. The van der Waals surface area contributed by atoms with Crippen LogP contribution in [0.2, 0.25) is 0 Å². The standard InChI is InChI=1S/C21H27FN2O3/c1-14(2)20-16(9-11-27-20)12-23-21(26)24-10-3-4-17(13-24)19(25)15-5-7-18(22)8-6-15/h5-8,16-17,20H,1,3-4,9-13H2,2H3,(H,23,26). The van der Waals surface area contributed by atoms with Crippen molar-refractivity contribution >= 4 is 11.8 Å². The molecule has 0 bridgehead atoms. The second kappa shape index (κ2) is 8.65. The van der Waals surface area contributed by atoms with Crippen LogP contribution < -0.4 is 5.32 Å². The highest BCUT2D eigenvalue weighted by Crippen LogP contribution is 2.25. The third-order valence-corrected chi connectivity index (χ3v) is 5.42. The van der Waals surface area contributed by atoms with E-state index < -0.39 is 0 Å². The smallest absolute Gasteiger partial charge is 0.317 e. The number of benzene rings is 1. The summed E-state index contributed by atoms with van der Waals surface area (Å²) in [5.74, 6) is -0.389. The van der Waals surface area contributed by atoms with E-state index in [0.29, 0.717) is 31.8 Å². The minimum atomic E-state index is -0.361. The molecule has 0 radical (unpaired) electrons. The van der Waals surface area contributed by atoms with E-state index in [9.17, 15) is 14.0 Å². The van der Waals surface area contributed by atoms with Gasteiger partial charge in [-0.25, -0.2) is 9.18 Å². The number of carbonyl (C=O) groups excluding carboxylic acids is 2. The predicted octanol–water partition coefficient (Wildman–Crippen LogP) is 3.41. The Morgan fingerprint density at radius 3 is 2.74 bits per heavy atom. The number of halogens is 1. The number of rotatable bonds is 5. The Morgan fingerprint density at radius 2 is 2.04 bits per heavy atom. The van der Waals surface area contributed by atoms with Gasteiger partial charge in [0.2, 0.25) is 0 Å². The normalized spacial score (nSPS) is 25.3. The monoisotopic (exact) mass is 374 g/mol. The fourth-order valence-electron chi connectivity index (χ4n) is 3.94. The molecular formula is C21H27FN2O3. The van der Waals surface area contributed by atoms with Crippen molar-refractivity contribution in [3.63, 3.8) is 0 Å². The molecule has 3 unspecified atom stereocenters. The van der Waals surface area contributed by atoms with Crippen molar-refractivity contribution in [3.05, 3.63) is 47.8 Å². The van der Waals surface area contributed by atoms with E-state index in [4.69, 9.17) is 4.74 Å². The van der Waals surface area contributed by atoms with Crippen molar-refractivity contribution in [3.8, 4) is 0 Å². The third kappa shape index (κ3) is 4.75. The van der Waals surface area contributed by atoms with Crippen LogP contribution in [-0.2, 0) is 4.74 Å². The molecule has 146 valence electrons. The van der Waals surface area contributed by atoms with Gasteiger partial charge in [0, 0.05) is 43.6 Å². The molecule has 1 aromatic rings. The summed E-state index contributed by atoms with van der Waals surface area (Å²) in [4.78, 5) is 26.9. The average molecular weight is 374 g/mol. The molecule has 3 atom stereocenters. The van der Waals surface area contributed by atoms with Crippen molar-refractivity contribution in [2.45, 2.75) is 32.3 Å². The highest BCUT2D eigenvalue weighted by molar-refractivity contribution is 5.98. The number of Topliss-reactive ketones (excluding diaryl/α,β-unsaturated/α-hetero) is 1. The number of hydrogen-bond acceptors (Lipinski definition) is 3. The Kier molecular flexibility index (Phi) is 6.26. The second-order valence-corrected chi connectivity index (χ2v) is 7.53. The van der Waals surface area contributed by atoms with Crippen molar-refractivity contribution in [1.29, 1.82) is 0 Å². The summed E-state index contributed by atoms with van der Waals surface area (Å²) >= 11 is 0. The SMILES string of the molecule is C=C(C)C1OCCC1CNC(=O)N1CCCC(C(=O)c2ccc(F)cc2)C1. The van der Waals surface area contributed by atoms with Gasteiger partial charge in [0.15, 0.2) is 5.78 Å². The molecule has 0 aliphatic carbocycles. The summed E-state index contributed by atoms with van der Waals surface area (Å²) < 4.78 is 18.7. The Balaban J connectivity index is 1.54. The molecule has 27 heavy (non-hydrogen) atoms. The molecule has 1 aromatic carbocycles. The van der Waals surface area contributed by atoms with Crippen LogP contribution in [0.15, 0.2) is 36.4 Å². The van der Waals surface area contributed by atoms with Crippen molar-refractivity contribution in [1.82, 2.24) is 10.2 Å². The first-order chi connectivity index (χ1) is 13.0. The lowest BCUT2D eigenvalue weighted by Crippen LogP contribution is -2.48. The maximum absolute atomic E-state index is 13.1. The van der Waals surface area contributed by atoms with Gasteiger partial charge in [0.1, 0.15) is 5.82 Å². The van der Waals surface area contributed by atoms with Crippen LogP contribution in [0.5, 0.6) is 0 Å². The minimum Gasteiger partial charge on any atom is -0.374 e. The topological polar surface area (TPSA) is 58.6 Å². The zero-order chi connectivity index (χ0) is 19.4. The molecule has 6 heteroatoms. The molecule has 2 saturated heterocycles. The Labute approximate surface area is 159 Å². The first-order valence-corrected chi connectivity index (χ1v) is 9.55. The summed E-state index contributed by atoms with van der Waals surface area (Å²) in [5, 5.41) is 2.99. The number of hydrogen-bond donors (Lipinski definition) is 1. The molecule has 1 N–H and O–H groups in total. The Bertz CT molecular complexity index is 704. The molecule has 2 heterocycles. The van der Waals surface area contributed by atoms with E-state index in [-0.39, 0.29) is 35.6 Å². The summed E-state index contributed by atoms with van der Waals surface area (Å²) in [7, 11) is 0. The molecule has 0 saturated carbocycles. The lowest BCUT2D eigenvalue weighted by atomic mass is 9.90. The summed E-state index contributed by atoms with van der Waals surface area (Å²) in [6.07, 6.45) is 2.43. The molecule has 0 aromatic heterocycles. The molecule has 2 aliphatic rings. The van der Waals surface area contributed by atoms with Crippen molar-refractivity contribution < 1.29 is 18.7 Å². The lowest BCUT2D eigenvalue weighted by Gasteiger charge is -2.32. The van der Waals surface area contributed by atoms with E-state index in [2.05, 4.69) is 11.9 Å². The van der Waals surface area contributed by atoms with E-state index in [1.165, 1.54) is 24.3 Å². The zero-order valence-corrected chi connectivity index (χ0v) is 15.7. The predicted molar refractivity (Wildman–Crippen MR) is 101 cm³/mol. The van der Waals surface area contributed by atoms with Gasteiger partial charge in [-0.05, 0) is 50.5 Å². The van der Waals surface area contributed by atoms with E-state index in [0.717, 1.165) is 24.8 Å². The van der Waals surface area contributed by atoms with Gasteiger partial charge in [0.05, 0.1) is 6.10 Å². The molecule has 5 nitrogen and oxygen atoms in total. The number of ketones is 1. The van der Waals surface area contributed by atoms with Crippen LogP contribution in [0.25, 0.3) is 0 Å². The maximum Gasteiger partial charge on any atom is 0.317 e. The van der Waals surface area contributed by atoms with Gasteiger partial charge < -0.3 is 15.0 Å². The largest absolute Gasteiger partial charge is 0.374 e. The fourth-order valence-corrected chi connectivity index (χ4v) is 3.94. The quantitative estimate of drug-likeness (QED) is 0.635. The molecule has 0 spiro atoms. The van der Waals surface area contributed by atoms with Crippen LogP contribution in [0.3, 0.4) is 0 Å². The van der Waals surface area contributed by atoms with Crippen molar-refractivity contribution in [2.24, 2.45) is 11.8 Å². The minimum absolute atomic E-state index is 0.000502. The van der Waals surface area contributed by atoms with E-state index in [1.807, 2.05) is 6.92 Å². The molecule has 3 rings (SSSR count). The van der Waals surface area contributed by atoms with Crippen LogP contribution in [0, 0.1) is 17.7 Å². The van der Waals surface area contributed by atoms with Crippen LogP contribution in [0.1, 0.15) is 36.5 Å². The van der Waals surface area contributed by atoms with Gasteiger partial charge in [-0.3, -0.25) is 4.79 Å². The van der Waals surface area contributed by atoms with E-state index in [1.54, 1.807) is 4.90 Å². The average Bonchev–Trinajstić information content (AvgIpc) is 3.15. The first-order valence-electron chi connectivity index (χ1n) is 9.55. The highest BCUT2D eigenvalue weighted by Gasteiger charge is 2.32. The Hall–Kier alpha value is -2.21. The second-order valence-electron chi connectivity index (χ2n) is 7.53. The molecule has 2 amide bonds. The molecular weight excluding hydrogens is 347 g/mol. The number of carbonyl (C=O) groups is 2. The highest BCUT2D eigenvalue weighted by atomic mass is 19.1. The first kappa shape index (κ1) is 19.5. The number of nitrogens with zero attached hydrogens (tertiary/aromatic N) is 1. The van der Waals surface area contributed by atoms with Gasteiger partial charge in [-0.15, -0.1) is 0 Å². The molecule has 2 fully saturated rings. The summed E-state index contributed by atoms with van der Waals surface area (Å²) in [5.41, 5.74) is 1.48. The fraction of sp³-hybridized carbons (Fsp3) is 0.524.